The van der Waals surface area contributed by atoms with Gasteiger partial charge in [-0.2, -0.15) is 0 Å². The van der Waals surface area contributed by atoms with E-state index < -0.39 is 0 Å². The van der Waals surface area contributed by atoms with Gasteiger partial charge in [-0.05, 0) is 43.1 Å². The number of aryl methyl sites for hydroxylation is 1. The van der Waals surface area contributed by atoms with E-state index in [1.165, 1.54) is 10.4 Å². The summed E-state index contributed by atoms with van der Waals surface area (Å²) in [5, 5.41) is 2.13. The van der Waals surface area contributed by atoms with E-state index in [2.05, 4.69) is 40.2 Å². The number of amides is 1. The van der Waals surface area contributed by atoms with Crippen molar-refractivity contribution in [3.63, 3.8) is 0 Å². The quantitative estimate of drug-likeness (QED) is 0.796. The number of anilines is 1. The molecule has 0 N–H and O–H groups in total. The second kappa shape index (κ2) is 8.45. The fourth-order valence-corrected chi connectivity index (χ4v) is 4.05. The van der Waals surface area contributed by atoms with Crippen LogP contribution >= 0.6 is 11.3 Å². The maximum atomic E-state index is 12.5. The monoisotopic (exact) mass is 358 g/mol. The molecule has 6 heteroatoms. The van der Waals surface area contributed by atoms with Crippen LogP contribution in [-0.4, -0.2) is 60.5 Å². The van der Waals surface area contributed by atoms with Crippen LogP contribution in [0.2, 0.25) is 0 Å². The lowest BCUT2D eigenvalue weighted by Crippen LogP contribution is -2.49. The molecule has 25 heavy (non-hydrogen) atoms. The van der Waals surface area contributed by atoms with Crippen LogP contribution < -0.4 is 4.90 Å². The summed E-state index contributed by atoms with van der Waals surface area (Å²) in [6.07, 6.45) is 2.41. The number of carbonyl (C=O) groups is 1. The SMILES string of the molecule is Cc1ccsc1CN(C)CCC(=O)N1CCN(c2ccccn2)CC1. The van der Waals surface area contributed by atoms with E-state index in [9.17, 15) is 4.79 Å². The summed E-state index contributed by atoms with van der Waals surface area (Å²) in [6, 6.07) is 8.11. The molecule has 0 aromatic carbocycles. The van der Waals surface area contributed by atoms with Crippen LogP contribution in [0.3, 0.4) is 0 Å². The molecule has 2 aromatic heterocycles. The minimum absolute atomic E-state index is 0.260. The zero-order valence-electron chi connectivity index (χ0n) is 15.0. The zero-order chi connectivity index (χ0) is 17.6. The number of carbonyl (C=O) groups excluding carboxylic acids is 1. The third-order valence-corrected chi connectivity index (χ3v) is 5.70. The number of aromatic nitrogens is 1. The predicted octanol–water partition coefficient (Wildman–Crippen LogP) is 2.62. The first kappa shape index (κ1) is 17.9. The Morgan fingerprint density at radius 1 is 1.24 bits per heavy atom. The van der Waals surface area contributed by atoms with Crippen molar-refractivity contribution in [1.82, 2.24) is 14.8 Å². The van der Waals surface area contributed by atoms with Crippen molar-refractivity contribution in [2.45, 2.75) is 19.9 Å². The highest BCUT2D eigenvalue weighted by Crippen LogP contribution is 2.17. The van der Waals surface area contributed by atoms with Gasteiger partial charge in [-0.1, -0.05) is 6.07 Å². The second-order valence-corrected chi connectivity index (χ2v) is 7.57. The Morgan fingerprint density at radius 2 is 2.04 bits per heavy atom. The molecule has 0 unspecified atom stereocenters. The molecular formula is C19H26N4OS. The molecule has 2 aromatic rings. The van der Waals surface area contributed by atoms with Crippen molar-refractivity contribution in [1.29, 1.82) is 0 Å². The first-order valence-corrected chi connectivity index (χ1v) is 9.66. The van der Waals surface area contributed by atoms with Gasteiger partial charge < -0.3 is 14.7 Å². The van der Waals surface area contributed by atoms with E-state index in [1.54, 1.807) is 11.3 Å². The molecule has 1 aliphatic rings. The molecule has 134 valence electrons. The molecule has 3 rings (SSSR count). The Labute approximate surface area is 153 Å². The van der Waals surface area contributed by atoms with Gasteiger partial charge in [0.25, 0.3) is 0 Å². The first-order chi connectivity index (χ1) is 12.1. The standard InChI is InChI=1S/C19H26N4OS/c1-16-7-14-25-17(16)15-21(2)9-6-19(24)23-12-10-22(11-13-23)18-5-3-4-8-20-18/h3-5,7-8,14H,6,9-13,15H2,1-2H3. The third-order valence-electron chi connectivity index (χ3n) is 4.69. The van der Waals surface area contributed by atoms with Gasteiger partial charge in [0.15, 0.2) is 0 Å². The van der Waals surface area contributed by atoms with E-state index in [0.717, 1.165) is 45.1 Å². The van der Waals surface area contributed by atoms with Crippen LogP contribution in [0.15, 0.2) is 35.8 Å². The molecule has 0 spiro atoms. The summed E-state index contributed by atoms with van der Waals surface area (Å²) in [5.41, 5.74) is 1.34. The highest BCUT2D eigenvalue weighted by molar-refractivity contribution is 7.10. The number of thiophene rings is 1. The van der Waals surface area contributed by atoms with Gasteiger partial charge in [-0.15, -0.1) is 11.3 Å². The number of nitrogens with zero attached hydrogens (tertiary/aromatic N) is 4. The lowest BCUT2D eigenvalue weighted by atomic mass is 10.2. The van der Waals surface area contributed by atoms with E-state index in [4.69, 9.17) is 0 Å². The van der Waals surface area contributed by atoms with Crippen molar-refractivity contribution in [2.24, 2.45) is 0 Å². The van der Waals surface area contributed by atoms with Gasteiger partial charge in [-0.25, -0.2) is 4.98 Å². The van der Waals surface area contributed by atoms with Crippen LogP contribution in [0, 0.1) is 6.92 Å². The first-order valence-electron chi connectivity index (χ1n) is 8.79. The summed E-state index contributed by atoms with van der Waals surface area (Å²) in [4.78, 5) is 24.7. The molecule has 1 aliphatic heterocycles. The molecule has 0 radical (unpaired) electrons. The minimum Gasteiger partial charge on any atom is -0.353 e. The highest BCUT2D eigenvalue weighted by atomic mass is 32.1. The van der Waals surface area contributed by atoms with Crippen LogP contribution in [0.1, 0.15) is 16.9 Å². The summed E-state index contributed by atoms with van der Waals surface area (Å²) in [7, 11) is 2.09. The lowest BCUT2D eigenvalue weighted by molar-refractivity contribution is -0.131. The molecule has 5 nitrogen and oxygen atoms in total. The van der Waals surface area contributed by atoms with E-state index in [1.807, 2.05) is 29.3 Å². The Hall–Kier alpha value is -1.92. The van der Waals surface area contributed by atoms with E-state index >= 15 is 0 Å². The Morgan fingerprint density at radius 3 is 2.68 bits per heavy atom. The average molecular weight is 359 g/mol. The smallest absolute Gasteiger partial charge is 0.223 e. The maximum absolute atomic E-state index is 12.5. The molecule has 0 saturated carbocycles. The van der Waals surface area contributed by atoms with Crippen LogP contribution in [0.25, 0.3) is 0 Å². The van der Waals surface area contributed by atoms with Gasteiger partial charge >= 0.3 is 0 Å². The topological polar surface area (TPSA) is 39.7 Å². The highest BCUT2D eigenvalue weighted by Gasteiger charge is 2.21. The molecule has 0 aliphatic carbocycles. The van der Waals surface area contributed by atoms with Crippen LogP contribution in [0.4, 0.5) is 5.82 Å². The average Bonchev–Trinajstić information content (AvgIpc) is 3.05. The minimum atomic E-state index is 0.260. The van der Waals surface area contributed by atoms with Gasteiger partial charge in [-0.3, -0.25) is 4.79 Å². The van der Waals surface area contributed by atoms with E-state index in [-0.39, 0.29) is 5.91 Å². The van der Waals surface area contributed by atoms with Crippen LogP contribution in [-0.2, 0) is 11.3 Å². The second-order valence-electron chi connectivity index (χ2n) is 6.57. The number of pyridine rings is 1. The zero-order valence-corrected chi connectivity index (χ0v) is 15.8. The lowest BCUT2D eigenvalue weighted by Gasteiger charge is -2.35. The maximum Gasteiger partial charge on any atom is 0.223 e. The van der Waals surface area contributed by atoms with Crippen molar-refractivity contribution in [3.8, 4) is 0 Å². The van der Waals surface area contributed by atoms with Gasteiger partial charge in [0.2, 0.25) is 5.91 Å². The summed E-state index contributed by atoms with van der Waals surface area (Å²) < 4.78 is 0. The summed E-state index contributed by atoms with van der Waals surface area (Å²) >= 11 is 1.79. The predicted molar refractivity (Wildman–Crippen MR) is 103 cm³/mol. The fourth-order valence-electron chi connectivity index (χ4n) is 3.06. The van der Waals surface area contributed by atoms with Crippen molar-refractivity contribution < 1.29 is 4.79 Å². The van der Waals surface area contributed by atoms with E-state index in [0.29, 0.717) is 6.42 Å². The van der Waals surface area contributed by atoms with Gasteiger partial charge in [0.1, 0.15) is 5.82 Å². The summed E-state index contributed by atoms with van der Waals surface area (Å²) in [6.45, 7) is 7.14. The third kappa shape index (κ3) is 4.80. The Kier molecular flexibility index (Phi) is 6.04. The Bertz CT molecular complexity index is 680. The molecule has 0 atom stereocenters. The normalized spacial score (nSPS) is 15.0. The fraction of sp³-hybridized carbons (Fsp3) is 0.474. The molecule has 1 fully saturated rings. The van der Waals surface area contributed by atoms with Gasteiger partial charge in [0, 0.05) is 56.8 Å². The van der Waals surface area contributed by atoms with Crippen molar-refractivity contribution in [3.05, 3.63) is 46.3 Å². The molecular weight excluding hydrogens is 332 g/mol. The van der Waals surface area contributed by atoms with Crippen LogP contribution in [0.5, 0.6) is 0 Å². The van der Waals surface area contributed by atoms with Gasteiger partial charge in [0.05, 0.1) is 0 Å². The molecule has 1 amide bonds. The summed E-state index contributed by atoms with van der Waals surface area (Å²) in [5.74, 6) is 1.26. The number of piperazine rings is 1. The largest absolute Gasteiger partial charge is 0.353 e. The molecule has 1 saturated heterocycles. The van der Waals surface area contributed by atoms with Crippen molar-refractivity contribution in [2.75, 3.05) is 44.7 Å². The van der Waals surface area contributed by atoms with Crippen molar-refractivity contribution >= 4 is 23.1 Å². The Balaban J connectivity index is 1.41. The molecule has 3 heterocycles. The number of hydrogen-bond donors (Lipinski definition) is 0. The number of hydrogen-bond acceptors (Lipinski definition) is 5. The molecule has 0 bridgehead atoms. The number of rotatable bonds is 6.